The van der Waals surface area contributed by atoms with Crippen molar-refractivity contribution in [2.24, 2.45) is 0 Å². The lowest BCUT2D eigenvalue weighted by atomic mass is 9.84. The Morgan fingerprint density at radius 1 is 1.39 bits per heavy atom. The van der Waals surface area contributed by atoms with Crippen LogP contribution >= 0.6 is 11.3 Å². The molecule has 2 aliphatic rings. The predicted molar refractivity (Wildman–Crippen MR) is 107 cm³/mol. The zero-order valence-corrected chi connectivity index (χ0v) is 18.0. The van der Waals surface area contributed by atoms with E-state index in [1.165, 1.54) is 10.4 Å². The van der Waals surface area contributed by atoms with E-state index in [-0.39, 0.29) is 11.7 Å². The SMILES string of the molecule is Cc1cncc(OC2CCOC3(C2)CN(Cc2sccc2C)C3)n1.O=C(O)C(F)(F)F. The van der Waals surface area contributed by atoms with E-state index in [9.17, 15) is 13.2 Å². The summed E-state index contributed by atoms with van der Waals surface area (Å²) in [5.41, 5.74) is 2.24. The summed E-state index contributed by atoms with van der Waals surface area (Å²) in [6, 6.07) is 2.19. The minimum atomic E-state index is -5.08. The van der Waals surface area contributed by atoms with E-state index in [2.05, 4.69) is 33.2 Å². The van der Waals surface area contributed by atoms with Crippen molar-refractivity contribution >= 4 is 17.3 Å². The number of hydrogen-bond acceptors (Lipinski definition) is 7. The third kappa shape index (κ3) is 6.37. The Kier molecular flexibility index (Phi) is 7.17. The fourth-order valence-electron chi connectivity index (χ4n) is 3.62. The second-order valence-electron chi connectivity index (χ2n) is 7.74. The number of thiophene rings is 1. The third-order valence-electron chi connectivity index (χ3n) is 5.07. The molecule has 1 N–H and O–H groups in total. The molecule has 0 aromatic carbocycles. The maximum atomic E-state index is 10.6. The van der Waals surface area contributed by atoms with Crippen molar-refractivity contribution in [1.82, 2.24) is 14.9 Å². The molecule has 2 aliphatic heterocycles. The minimum absolute atomic E-state index is 0.0364. The van der Waals surface area contributed by atoms with Gasteiger partial charge >= 0.3 is 12.1 Å². The molecule has 4 heterocycles. The lowest BCUT2D eigenvalue weighted by Crippen LogP contribution is -2.65. The van der Waals surface area contributed by atoms with Crippen molar-refractivity contribution in [2.45, 2.75) is 51.1 Å². The van der Waals surface area contributed by atoms with Gasteiger partial charge in [0.05, 0.1) is 24.1 Å². The second-order valence-corrected chi connectivity index (χ2v) is 8.74. The monoisotopic (exact) mass is 459 g/mol. The number of ether oxygens (including phenoxy) is 2. The average Bonchev–Trinajstić information content (AvgIpc) is 3.05. The normalized spacial score (nSPS) is 20.5. The van der Waals surface area contributed by atoms with Crippen LogP contribution in [0.25, 0.3) is 0 Å². The Labute approximate surface area is 181 Å². The Morgan fingerprint density at radius 2 is 2.10 bits per heavy atom. The first-order valence-electron chi connectivity index (χ1n) is 9.71. The van der Waals surface area contributed by atoms with Crippen molar-refractivity contribution < 1.29 is 32.5 Å². The molecule has 1 unspecified atom stereocenters. The van der Waals surface area contributed by atoms with Gasteiger partial charge in [0.2, 0.25) is 5.88 Å². The van der Waals surface area contributed by atoms with Crippen LogP contribution in [-0.2, 0) is 16.1 Å². The zero-order valence-electron chi connectivity index (χ0n) is 17.2. The number of likely N-dealkylation sites (tertiary alicyclic amines) is 1. The number of alkyl halides is 3. The van der Waals surface area contributed by atoms with Crippen LogP contribution in [0.5, 0.6) is 5.88 Å². The third-order valence-corrected chi connectivity index (χ3v) is 6.08. The van der Waals surface area contributed by atoms with E-state index in [4.69, 9.17) is 19.4 Å². The lowest BCUT2D eigenvalue weighted by molar-refractivity contribution is -0.192. The molecule has 1 spiro atoms. The van der Waals surface area contributed by atoms with Gasteiger partial charge in [0, 0.05) is 43.5 Å². The molecule has 7 nitrogen and oxygen atoms in total. The molecule has 2 fully saturated rings. The Balaban J connectivity index is 0.000000339. The number of carboxylic acids is 1. The van der Waals surface area contributed by atoms with Gasteiger partial charge in [0.25, 0.3) is 0 Å². The summed E-state index contributed by atoms with van der Waals surface area (Å²) in [4.78, 5) is 21.4. The molecule has 0 saturated carbocycles. The van der Waals surface area contributed by atoms with Crippen LogP contribution < -0.4 is 4.74 Å². The zero-order chi connectivity index (χ0) is 22.6. The molecule has 170 valence electrons. The molecular formula is C20H24F3N3O4S. The highest BCUT2D eigenvalue weighted by atomic mass is 32.1. The van der Waals surface area contributed by atoms with E-state index in [1.54, 1.807) is 12.4 Å². The van der Waals surface area contributed by atoms with Crippen LogP contribution in [0, 0.1) is 13.8 Å². The number of nitrogens with zero attached hydrogens (tertiary/aromatic N) is 3. The van der Waals surface area contributed by atoms with Crippen LogP contribution in [0.3, 0.4) is 0 Å². The van der Waals surface area contributed by atoms with E-state index >= 15 is 0 Å². The van der Waals surface area contributed by atoms with Crippen molar-refractivity contribution in [1.29, 1.82) is 0 Å². The van der Waals surface area contributed by atoms with E-state index < -0.39 is 12.1 Å². The summed E-state index contributed by atoms with van der Waals surface area (Å²) in [5, 5.41) is 9.30. The molecule has 0 aliphatic carbocycles. The predicted octanol–water partition coefficient (Wildman–Crippen LogP) is 3.60. The average molecular weight is 459 g/mol. The second kappa shape index (κ2) is 9.49. The molecule has 2 aromatic heterocycles. The molecule has 1 atom stereocenters. The largest absolute Gasteiger partial charge is 0.490 e. The van der Waals surface area contributed by atoms with E-state index in [0.29, 0.717) is 5.88 Å². The molecule has 0 radical (unpaired) electrons. The molecule has 2 aromatic rings. The van der Waals surface area contributed by atoms with E-state index in [1.807, 2.05) is 18.3 Å². The van der Waals surface area contributed by atoms with Crippen LogP contribution in [0.4, 0.5) is 13.2 Å². The topological polar surface area (TPSA) is 84.8 Å². The summed E-state index contributed by atoms with van der Waals surface area (Å²) in [5.74, 6) is -2.13. The van der Waals surface area contributed by atoms with Gasteiger partial charge in [-0.1, -0.05) is 0 Å². The lowest BCUT2D eigenvalue weighted by Gasteiger charge is -2.53. The number of aryl methyl sites for hydroxylation is 2. The summed E-state index contributed by atoms with van der Waals surface area (Å²) >= 11 is 1.84. The van der Waals surface area contributed by atoms with Crippen LogP contribution in [0.2, 0.25) is 0 Å². The quantitative estimate of drug-likeness (QED) is 0.748. The van der Waals surface area contributed by atoms with Gasteiger partial charge in [-0.15, -0.1) is 11.3 Å². The highest BCUT2D eigenvalue weighted by Gasteiger charge is 2.48. The number of rotatable bonds is 4. The fourth-order valence-corrected chi connectivity index (χ4v) is 4.57. The summed E-state index contributed by atoms with van der Waals surface area (Å²) in [6.45, 7) is 7.89. The van der Waals surface area contributed by atoms with Gasteiger partial charge in [-0.3, -0.25) is 9.88 Å². The number of carbonyl (C=O) groups is 1. The van der Waals surface area contributed by atoms with Crippen molar-refractivity contribution in [3.63, 3.8) is 0 Å². The first-order valence-corrected chi connectivity index (χ1v) is 10.6. The Hall–Kier alpha value is -2.24. The Bertz CT molecular complexity index is 900. The van der Waals surface area contributed by atoms with Crippen molar-refractivity contribution in [3.8, 4) is 5.88 Å². The maximum Gasteiger partial charge on any atom is 0.490 e. The van der Waals surface area contributed by atoms with Gasteiger partial charge in [0.15, 0.2) is 0 Å². The molecule has 0 bridgehead atoms. The van der Waals surface area contributed by atoms with E-state index in [0.717, 1.165) is 44.8 Å². The summed E-state index contributed by atoms with van der Waals surface area (Å²) in [7, 11) is 0. The molecule has 31 heavy (non-hydrogen) atoms. The van der Waals surface area contributed by atoms with Crippen molar-refractivity contribution in [2.75, 3.05) is 19.7 Å². The number of aliphatic carboxylic acids is 1. The fraction of sp³-hybridized carbons (Fsp3) is 0.550. The van der Waals surface area contributed by atoms with Gasteiger partial charge in [-0.05, 0) is 30.9 Å². The molecule has 0 amide bonds. The van der Waals surface area contributed by atoms with Gasteiger partial charge in [0.1, 0.15) is 6.10 Å². The number of halogens is 3. The molecule has 2 saturated heterocycles. The molecule has 11 heteroatoms. The Morgan fingerprint density at radius 3 is 2.68 bits per heavy atom. The standard InChI is InChI=1S/C18H23N3O2S.C2HF3O2/c1-13-4-6-24-16(13)10-21-11-18(12-21)7-15(3-5-22-18)23-17-9-19-8-14(2)20-17;3-2(4,5)1(6)7/h4,6,8-9,15H,3,5,7,10-12H2,1-2H3;(H,6,7). The molecular weight excluding hydrogens is 435 g/mol. The highest BCUT2D eigenvalue weighted by molar-refractivity contribution is 7.10. The summed E-state index contributed by atoms with van der Waals surface area (Å²) < 4.78 is 43.9. The van der Waals surface area contributed by atoms with Crippen molar-refractivity contribution in [3.05, 3.63) is 40.0 Å². The van der Waals surface area contributed by atoms with Gasteiger partial charge < -0.3 is 14.6 Å². The highest BCUT2D eigenvalue weighted by Crippen LogP contribution is 2.37. The van der Waals surface area contributed by atoms with Crippen LogP contribution in [-0.4, -0.2) is 63.5 Å². The smallest absolute Gasteiger partial charge is 0.475 e. The first-order chi connectivity index (χ1) is 14.6. The number of carboxylic acid groups (broad SMARTS) is 1. The molecule has 4 rings (SSSR count). The first kappa shape index (κ1) is 23.4. The maximum absolute atomic E-state index is 10.6. The van der Waals surface area contributed by atoms with Gasteiger partial charge in [-0.2, -0.15) is 13.2 Å². The minimum Gasteiger partial charge on any atom is -0.475 e. The number of aromatic nitrogens is 2. The van der Waals surface area contributed by atoms with Crippen LogP contribution in [0.1, 0.15) is 29.0 Å². The number of hydrogen-bond donors (Lipinski definition) is 1. The summed E-state index contributed by atoms with van der Waals surface area (Å²) in [6.07, 6.45) is 0.376. The van der Waals surface area contributed by atoms with Crippen LogP contribution in [0.15, 0.2) is 23.8 Å². The van der Waals surface area contributed by atoms with Gasteiger partial charge in [-0.25, -0.2) is 9.78 Å².